The summed E-state index contributed by atoms with van der Waals surface area (Å²) in [5.41, 5.74) is 1.39. The minimum absolute atomic E-state index is 0.0267. The summed E-state index contributed by atoms with van der Waals surface area (Å²) in [6.45, 7) is 3.63. The van der Waals surface area contributed by atoms with Crippen molar-refractivity contribution in [1.82, 2.24) is 5.32 Å². The highest BCUT2D eigenvalue weighted by molar-refractivity contribution is 8.19. The maximum atomic E-state index is 12.1. The van der Waals surface area contributed by atoms with E-state index in [1.807, 2.05) is 55.6 Å². The number of carbonyl (C=O) groups is 2. The van der Waals surface area contributed by atoms with Crippen LogP contribution in [0, 0.1) is 0 Å². The Kier molecular flexibility index (Phi) is 6.24. The molecule has 0 saturated carbocycles. The second-order valence-electron chi connectivity index (χ2n) is 6.06. The smallest absolute Gasteiger partial charge is 0.319 e. The Morgan fingerprint density at radius 1 is 1.30 bits per heavy atom. The Hall–Kier alpha value is -1.34. The van der Waals surface area contributed by atoms with Crippen LogP contribution >= 0.6 is 23.5 Å². The van der Waals surface area contributed by atoms with Crippen molar-refractivity contribution in [1.29, 1.82) is 0 Å². The molecule has 1 aromatic rings. The number of anilines is 1. The summed E-state index contributed by atoms with van der Waals surface area (Å²) in [5, 5.41) is 14.4. The number of nitrogens with one attached hydrogen (secondary N) is 2. The van der Waals surface area contributed by atoms with Gasteiger partial charge in [-0.1, -0.05) is 12.1 Å². The van der Waals surface area contributed by atoms with Gasteiger partial charge in [-0.3, -0.25) is 4.79 Å². The number of aliphatic carboxylic acids is 1. The lowest BCUT2D eigenvalue weighted by atomic mass is 9.99. The van der Waals surface area contributed by atoms with Crippen molar-refractivity contribution in [3.63, 3.8) is 0 Å². The number of rotatable bonds is 6. The summed E-state index contributed by atoms with van der Waals surface area (Å²) in [7, 11) is 0. The molecule has 2 rings (SSSR count). The maximum Gasteiger partial charge on any atom is 0.319 e. The Morgan fingerprint density at radius 3 is 2.65 bits per heavy atom. The SMILES string of the molecule is CC(C)(CCC(=O)O)NC(=O)Nc1cccc(C2SCCS2)c1. The predicted octanol–water partition coefficient (Wildman–Crippen LogP) is 3.93. The van der Waals surface area contributed by atoms with Gasteiger partial charge in [0, 0.05) is 29.2 Å². The number of urea groups is 1. The number of carboxylic acid groups (broad SMARTS) is 1. The molecule has 7 heteroatoms. The molecule has 126 valence electrons. The molecular weight excluding hydrogens is 332 g/mol. The average molecular weight is 354 g/mol. The van der Waals surface area contributed by atoms with Crippen molar-refractivity contribution < 1.29 is 14.7 Å². The zero-order valence-electron chi connectivity index (χ0n) is 13.3. The van der Waals surface area contributed by atoms with E-state index in [1.165, 1.54) is 5.56 Å². The summed E-state index contributed by atoms with van der Waals surface area (Å²) in [6.07, 6.45) is 0.407. The molecule has 3 N–H and O–H groups in total. The van der Waals surface area contributed by atoms with Gasteiger partial charge in [-0.15, -0.1) is 23.5 Å². The van der Waals surface area contributed by atoms with E-state index < -0.39 is 11.5 Å². The van der Waals surface area contributed by atoms with Crippen LogP contribution < -0.4 is 10.6 Å². The third-order valence-corrected chi connectivity index (χ3v) is 6.56. The molecule has 1 aliphatic heterocycles. The zero-order valence-corrected chi connectivity index (χ0v) is 14.9. The second kappa shape index (κ2) is 7.97. The first-order valence-corrected chi connectivity index (χ1v) is 9.60. The summed E-state index contributed by atoms with van der Waals surface area (Å²) in [5.74, 6) is 1.45. The summed E-state index contributed by atoms with van der Waals surface area (Å²) in [4.78, 5) is 22.8. The van der Waals surface area contributed by atoms with Gasteiger partial charge < -0.3 is 15.7 Å². The van der Waals surface area contributed by atoms with Gasteiger partial charge in [0.15, 0.2) is 0 Å². The number of carbonyl (C=O) groups excluding carboxylic acids is 1. The molecule has 0 bridgehead atoms. The molecule has 23 heavy (non-hydrogen) atoms. The van der Waals surface area contributed by atoms with Gasteiger partial charge in [0.1, 0.15) is 0 Å². The lowest BCUT2D eigenvalue weighted by molar-refractivity contribution is -0.137. The predicted molar refractivity (Wildman–Crippen MR) is 97.2 cm³/mol. The normalized spacial score (nSPS) is 15.4. The van der Waals surface area contributed by atoms with Crippen LogP contribution in [0.15, 0.2) is 24.3 Å². The van der Waals surface area contributed by atoms with E-state index in [4.69, 9.17) is 5.11 Å². The number of thioether (sulfide) groups is 2. The third-order valence-electron chi connectivity index (χ3n) is 3.45. The van der Waals surface area contributed by atoms with E-state index >= 15 is 0 Å². The van der Waals surface area contributed by atoms with Crippen LogP contribution in [0.1, 0.15) is 36.8 Å². The number of amides is 2. The van der Waals surface area contributed by atoms with Gasteiger partial charge in [-0.2, -0.15) is 0 Å². The van der Waals surface area contributed by atoms with E-state index in [0.717, 1.165) is 17.2 Å². The molecule has 5 nitrogen and oxygen atoms in total. The molecule has 0 unspecified atom stereocenters. The molecule has 1 heterocycles. The van der Waals surface area contributed by atoms with Crippen LogP contribution in [0.25, 0.3) is 0 Å². The molecule has 0 radical (unpaired) electrons. The molecule has 0 aromatic heterocycles. The van der Waals surface area contributed by atoms with Crippen LogP contribution in [-0.2, 0) is 4.79 Å². The molecule has 0 atom stereocenters. The molecule has 2 amide bonds. The molecule has 1 saturated heterocycles. The van der Waals surface area contributed by atoms with Gasteiger partial charge in [-0.05, 0) is 38.0 Å². The third kappa shape index (κ3) is 5.99. The highest BCUT2D eigenvalue weighted by Gasteiger charge is 2.22. The van der Waals surface area contributed by atoms with Gasteiger partial charge in [-0.25, -0.2) is 4.79 Å². The monoisotopic (exact) mass is 354 g/mol. The number of benzene rings is 1. The van der Waals surface area contributed by atoms with Crippen LogP contribution in [0.2, 0.25) is 0 Å². The van der Waals surface area contributed by atoms with Crippen LogP contribution in [-0.4, -0.2) is 34.2 Å². The van der Waals surface area contributed by atoms with E-state index in [1.54, 1.807) is 0 Å². The quantitative estimate of drug-likeness (QED) is 0.721. The molecule has 1 aromatic carbocycles. The van der Waals surface area contributed by atoms with E-state index in [2.05, 4.69) is 16.7 Å². The topological polar surface area (TPSA) is 78.4 Å². The Bertz CT molecular complexity index is 572. The van der Waals surface area contributed by atoms with Crippen LogP contribution in [0.5, 0.6) is 0 Å². The van der Waals surface area contributed by atoms with E-state index in [0.29, 0.717) is 11.0 Å². The fourth-order valence-electron chi connectivity index (χ4n) is 2.27. The molecule has 0 spiro atoms. The van der Waals surface area contributed by atoms with Crippen molar-refractivity contribution in [3.05, 3.63) is 29.8 Å². The molecular formula is C16H22N2O3S2. The largest absolute Gasteiger partial charge is 0.481 e. The van der Waals surface area contributed by atoms with Crippen LogP contribution in [0.4, 0.5) is 10.5 Å². The lowest BCUT2D eigenvalue weighted by Gasteiger charge is -2.25. The molecule has 0 aliphatic carbocycles. The minimum Gasteiger partial charge on any atom is -0.481 e. The number of hydrogen-bond acceptors (Lipinski definition) is 4. The van der Waals surface area contributed by atoms with Crippen molar-refractivity contribution in [3.8, 4) is 0 Å². The fraction of sp³-hybridized carbons (Fsp3) is 0.500. The molecule has 1 fully saturated rings. The fourth-order valence-corrected chi connectivity index (χ4v) is 5.10. The first kappa shape index (κ1) is 18.0. The van der Waals surface area contributed by atoms with Crippen molar-refractivity contribution in [2.24, 2.45) is 0 Å². The Morgan fingerprint density at radius 2 is 2.00 bits per heavy atom. The van der Waals surface area contributed by atoms with Crippen molar-refractivity contribution in [2.45, 2.75) is 36.8 Å². The highest BCUT2D eigenvalue weighted by Crippen LogP contribution is 2.45. The van der Waals surface area contributed by atoms with Gasteiger partial charge in [0.05, 0.1) is 4.58 Å². The van der Waals surface area contributed by atoms with Crippen LogP contribution in [0.3, 0.4) is 0 Å². The second-order valence-corrected chi connectivity index (χ2v) is 8.78. The number of hydrogen-bond donors (Lipinski definition) is 3. The standard InChI is InChI=1S/C16H22N2O3S2/c1-16(2,7-6-13(19)20)18-15(21)17-12-5-3-4-11(10-12)14-22-8-9-23-14/h3-5,10,14H,6-9H2,1-2H3,(H,19,20)(H2,17,18,21). The zero-order chi connectivity index (χ0) is 16.9. The van der Waals surface area contributed by atoms with Crippen molar-refractivity contribution in [2.75, 3.05) is 16.8 Å². The van der Waals surface area contributed by atoms with E-state index in [-0.39, 0.29) is 12.5 Å². The van der Waals surface area contributed by atoms with Gasteiger partial charge in [0.25, 0.3) is 0 Å². The van der Waals surface area contributed by atoms with Crippen molar-refractivity contribution >= 4 is 41.2 Å². The summed E-state index contributed by atoms with van der Waals surface area (Å²) < 4.78 is 0.437. The maximum absolute atomic E-state index is 12.1. The Labute approximate surface area is 145 Å². The minimum atomic E-state index is -0.862. The van der Waals surface area contributed by atoms with Gasteiger partial charge in [0.2, 0.25) is 0 Å². The first-order chi connectivity index (χ1) is 10.9. The average Bonchev–Trinajstić information content (AvgIpc) is 2.99. The van der Waals surface area contributed by atoms with Gasteiger partial charge >= 0.3 is 12.0 Å². The summed E-state index contributed by atoms with van der Waals surface area (Å²) >= 11 is 3.84. The highest BCUT2D eigenvalue weighted by atomic mass is 32.2. The van der Waals surface area contributed by atoms with E-state index in [9.17, 15) is 9.59 Å². The number of carboxylic acids is 1. The Balaban J connectivity index is 1.92. The first-order valence-electron chi connectivity index (χ1n) is 7.50. The lowest BCUT2D eigenvalue weighted by Crippen LogP contribution is -2.45. The molecule has 1 aliphatic rings. The summed E-state index contributed by atoms with van der Waals surface area (Å²) in [6, 6.07) is 7.57.